The van der Waals surface area contributed by atoms with Gasteiger partial charge < -0.3 is 0 Å². The molecule has 4 rings (SSSR count). The second-order valence-corrected chi connectivity index (χ2v) is 6.75. The van der Waals surface area contributed by atoms with E-state index in [9.17, 15) is 0 Å². The standard InChI is InChI=1S/C21H20.2Li/c1-21(2,19-13-11-15-7-3-5-9-17(15)19)20-14-12-16-8-4-6-10-18(16)20;;/h3-14,19-20H,1-2H3;;/q;2*+1. The summed E-state index contributed by atoms with van der Waals surface area (Å²) in [6, 6.07) is 17.6. The Morgan fingerprint density at radius 3 is 1.48 bits per heavy atom. The summed E-state index contributed by atoms with van der Waals surface area (Å²) in [6.45, 7) is 4.81. The molecule has 0 bridgehead atoms. The van der Waals surface area contributed by atoms with E-state index < -0.39 is 0 Å². The van der Waals surface area contributed by atoms with Crippen LogP contribution in [0.2, 0.25) is 0 Å². The Kier molecular flexibility index (Phi) is 5.56. The van der Waals surface area contributed by atoms with Crippen molar-refractivity contribution in [3.8, 4) is 0 Å². The third-order valence-electron chi connectivity index (χ3n) is 5.20. The summed E-state index contributed by atoms with van der Waals surface area (Å²) in [5, 5.41) is 0. The molecule has 0 spiro atoms. The van der Waals surface area contributed by atoms with Crippen LogP contribution in [0.5, 0.6) is 0 Å². The Labute approximate surface area is 163 Å². The molecule has 0 fully saturated rings. The molecule has 2 atom stereocenters. The molecule has 23 heavy (non-hydrogen) atoms. The summed E-state index contributed by atoms with van der Waals surface area (Å²) < 4.78 is 0. The van der Waals surface area contributed by atoms with Crippen LogP contribution in [0, 0.1) is 5.41 Å². The summed E-state index contributed by atoms with van der Waals surface area (Å²) in [5.74, 6) is 0.962. The van der Waals surface area contributed by atoms with Gasteiger partial charge in [-0.15, -0.1) is 0 Å². The van der Waals surface area contributed by atoms with E-state index in [1.807, 2.05) is 0 Å². The van der Waals surface area contributed by atoms with E-state index in [1.165, 1.54) is 22.3 Å². The van der Waals surface area contributed by atoms with Crippen LogP contribution in [0.3, 0.4) is 0 Å². The van der Waals surface area contributed by atoms with Crippen molar-refractivity contribution < 1.29 is 37.7 Å². The summed E-state index contributed by atoms with van der Waals surface area (Å²) in [7, 11) is 0. The molecule has 0 nitrogen and oxygen atoms in total. The molecule has 0 aliphatic heterocycles. The van der Waals surface area contributed by atoms with Gasteiger partial charge in [0.2, 0.25) is 0 Å². The van der Waals surface area contributed by atoms with E-state index in [-0.39, 0.29) is 43.1 Å². The quantitative estimate of drug-likeness (QED) is 0.662. The number of benzene rings is 2. The molecule has 2 heteroatoms. The number of fused-ring (bicyclic) bond motifs is 2. The van der Waals surface area contributed by atoms with Gasteiger partial charge in [0.25, 0.3) is 0 Å². The van der Waals surface area contributed by atoms with Crippen LogP contribution in [-0.4, -0.2) is 0 Å². The van der Waals surface area contributed by atoms with Crippen LogP contribution in [0.15, 0.2) is 60.7 Å². The zero-order valence-electron chi connectivity index (χ0n) is 14.6. The Morgan fingerprint density at radius 1 is 0.652 bits per heavy atom. The average molecular weight is 286 g/mol. The van der Waals surface area contributed by atoms with Crippen LogP contribution >= 0.6 is 0 Å². The number of allylic oxidation sites excluding steroid dienone is 2. The van der Waals surface area contributed by atoms with E-state index in [1.54, 1.807) is 0 Å². The Hall–Kier alpha value is -0.885. The first-order valence-electron chi connectivity index (χ1n) is 7.72. The van der Waals surface area contributed by atoms with Crippen LogP contribution in [0.1, 0.15) is 47.9 Å². The zero-order valence-corrected chi connectivity index (χ0v) is 14.6. The third kappa shape index (κ3) is 2.95. The first kappa shape index (κ1) is 18.5. The molecule has 2 unspecified atom stereocenters. The van der Waals surface area contributed by atoms with Crippen molar-refractivity contribution in [2.24, 2.45) is 5.41 Å². The van der Waals surface area contributed by atoms with Gasteiger partial charge in [-0.05, 0) is 27.7 Å². The Bertz CT molecular complexity index is 692. The molecular formula is C21H20Li2+2. The second kappa shape index (κ2) is 6.93. The SMILES string of the molecule is CC(C)(C1C=Cc2ccccc21)C1C=Cc2ccccc21.[Li+].[Li+]. The minimum atomic E-state index is 0. The van der Waals surface area contributed by atoms with Gasteiger partial charge in [0.05, 0.1) is 0 Å². The fourth-order valence-electron chi connectivity index (χ4n) is 3.99. The molecule has 0 heterocycles. The second-order valence-electron chi connectivity index (χ2n) is 6.75. The molecule has 0 radical (unpaired) electrons. The molecule has 0 aromatic heterocycles. The summed E-state index contributed by atoms with van der Waals surface area (Å²) >= 11 is 0. The fourth-order valence-corrected chi connectivity index (χ4v) is 3.99. The normalized spacial score (nSPS) is 20.4. The van der Waals surface area contributed by atoms with Gasteiger partial charge >= 0.3 is 37.7 Å². The maximum Gasteiger partial charge on any atom is 1.00 e. The molecule has 2 aromatic rings. The topological polar surface area (TPSA) is 0 Å². The van der Waals surface area contributed by atoms with Gasteiger partial charge in [0.15, 0.2) is 0 Å². The average Bonchev–Trinajstić information content (AvgIpc) is 3.12. The molecule has 0 amide bonds. The third-order valence-corrected chi connectivity index (χ3v) is 5.20. The van der Waals surface area contributed by atoms with Gasteiger partial charge in [0.1, 0.15) is 0 Å². The van der Waals surface area contributed by atoms with Gasteiger partial charge in [-0.2, -0.15) is 0 Å². The van der Waals surface area contributed by atoms with E-state index in [2.05, 4.69) is 86.7 Å². The van der Waals surface area contributed by atoms with Crippen LogP contribution in [-0.2, 0) is 0 Å². The molecule has 2 aliphatic carbocycles. The predicted octanol–water partition coefficient (Wildman–Crippen LogP) is -0.358. The maximum absolute atomic E-state index is 2.40. The molecular weight excluding hydrogens is 266 g/mol. The van der Waals surface area contributed by atoms with E-state index in [4.69, 9.17) is 0 Å². The largest absolute Gasteiger partial charge is 1.00 e. The predicted molar refractivity (Wildman–Crippen MR) is 90.2 cm³/mol. The molecule has 0 saturated heterocycles. The van der Waals surface area contributed by atoms with Crippen LogP contribution < -0.4 is 37.7 Å². The van der Waals surface area contributed by atoms with Crippen molar-refractivity contribution in [3.63, 3.8) is 0 Å². The molecule has 0 saturated carbocycles. The molecule has 2 aliphatic rings. The van der Waals surface area contributed by atoms with Gasteiger partial charge in [-0.1, -0.05) is 86.7 Å². The van der Waals surface area contributed by atoms with Crippen LogP contribution in [0.4, 0.5) is 0 Å². The van der Waals surface area contributed by atoms with Crippen molar-refractivity contribution in [2.45, 2.75) is 25.7 Å². The van der Waals surface area contributed by atoms with Gasteiger partial charge in [-0.25, -0.2) is 0 Å². The van der Waals surface area contributed by atoms with Gasteiger partial charge in [0, 0.05) is 11.8 Å². The minimum Gasteiger partial charge on any atom is -0.0758 e. The van der Waals surface area contributed by atoms with Crippen LogP contribution in [0.25, 0.3) is 12.2 Å². The summed E-state index contributed by atoms with van der Waals surface area (Å²) in [6.07, 6.45) is 9.34. The van der Waals surface area contributed by atoms with E-state index >= 15 is 0 Å². The van der Waals surface area contributed by atoms with Crippen molar-refractivity contribution in [1.29, 1.82) is 0 Å². The van der Waals surface area contributed by atoms with Crippen molar-refractivity contribution in [2.75, 3.05) is 0 Å². The smallest absolute Gasteiger partial charge is 0.0758 e. The molecule has 2 aromatic carbocycles. The van der Waals surface area contributed by atoms with E-state index in [0.717, 1.165) is 0 Å². The van der Waals surface area contributed by atoms with Crippen molar-refractivity contribution >= 4 is 12.2 Å². The van der Waals surface area contributed by atoms with E-state index in [0.29, 0.717) is 11.8 Å². The van der Waals surface area contributed by atoms with Gasteiger partial charge in [-0.3, -0.25) is 0 Å². The fraction of sp³-hybridized carbons (Fsp3) is 0.238. The zero-order chi connectivity index (χ0) is 14.4. The summed E-state index contributed by atoms with van der Waals surface area (Å²) in [5.41, 5.74) is 5.88. The number of hydrogen-bond donors (Lipinski definition) is 0. The van der Waals surface area contributed by atoms with Crippen molar-refractivity contribution in [1.82, 2.24) is 0 Å². The number of hydrogen-bond acceptors (Lipinski definition) is 0. The number of rotatable bonds is 2. The first-order valence-corrected chi connectivity index (χ1v) is 7.72. The minimum absolute atomic E-state index is 0. The summed E-state index contributed by atoms with van der Waals surface area (Å²) in [4.78, 5) is 0. The Balaban J connectivity index is 0.000000960. The van der Waals surface area contributed by atoms with Crippen molar-refractivity contribution in [3.05, 3.63) is 82.9 Å². The Morgan fingerprint density at radius 2 is 1.04 bits per heavy atom. The first-order chi connectivity index (χ1) is 10.2. The molecule has 104 valence electrons. The monoisotopic (exact) mass is 286 g/mol. The molecule has 0 N–H and O–H groups in total. The maximum atomic E-state index is 2.40.